The van der Waals surface area contributed by atoms with Crippen LogP contribution in [0.4, 0.5) is 0 Å². The summed E-state index contributed by atoms with van der Waals surface area (Å²) >= 11 is 0. The van der Waals surface area contributed by atoms with Crippen LogP contribution in [0.5, 0.6) is 0 Å². The Labute approximate surface area is 98.2 Å². The van der Waals surface area contributed by atoms with E-state index in [-0.39, 0.29) is 0 Å². The van der Waals surface area contributed by atoms with Gasteiger partial charge in [-0.3, -0.25) is 4.68 Å². The van der Waals surface area contributed by atoms with Crippen LogP contribution in [0.1, 0.15) is 39.2 Å². The Bertz CT molecular complexity index is 339. The quantitative estimate of drug-likeness (QED) is 0.798. The molecule has 1 saturated carbocycles. The maximum Gasteiger partial charge on any atom is 0.0521 e. The van der Waals surface area contributed by atoms with Gasteiger partial charge in [0.25, 0.3) is 0 Å². The molecule has 1 unspecified atom stereocenters. The average Bonchev–Trinajstić information content (AvgIpc) is 2.91. The van der Waals surface area contributed by atoms with E-state index in [0.717, 1.165) is 13.1 Å². The lowest BCUT2D eigenvalue weighted by atomic mass is 9.91. The lowest BCUT2D eigenvalue weighted by Crippen LogP contribution is -2.35. The van der Waals surface area contributed by atoms with Crippen molar-refractivity contribution in [3.8, 4) is 0 Å². The van der Waals surface area contributed by atoms with Gasteiger partial charge in [0.05, 0.1) is 6.20 Å². The number of aryl methyl sites for hydroxylation is 1. The average molecular weight is 221 g/mol. The number of hydrogen-bond acceptors (Lipinski definition) is 2. The smallest absolute Gasteiger partial charge is 0.0521 e. The SMILES string of the molecule is CCNC(C)C1(Cc2cnn(CC)c2)CC1. The molecule has 2 rings (SSSR count). The topological polar surface area (TPSA) is 29.9 Å². The van der Waals surface area contributed by atoms with E-state index in [1.54, 1.807) is 0 Å². The highest BCUT2D eigenvalue weighted by Crippen LogP contribution is 2.51. The second-order valence-electron chi connectivity index (χ2n) is 5.02. The van der Waals surface area contributed by atoms with E-state index < -0.39 is 0 Å². The maximum atomic E-state index is 4.35. The van der Waals surface area contributed by atoms with Gasteiger partial charge in [-0.2, -0.15) is 5.10 Å². The van der Waals surface area contributed by atoms with Gasteiger partial charge in [0.15, 0.2) is 0 Å². The lowest BCUT2D eigenvalue weighted by molar-refractivity contribution is 0.355. The molecule has 1 fully saturated rings. The van der Waals surface area contributed by atoms with E-state index in [0.29, 0.717) is 11.5 Å². The summed E-state index contributed by atoms with van der Waals surface area (Å²) < 4.78 is 2.02. The predicted molar refractivity (Wildman–Crippen MR) is 66.4 cm³/mol. The first-order valence-corrected chi connectivity index (χ1v) is 6.45. The zero-order chi connectivity index (χ0) is 11.6. The minimum absolute atomic E-state index is 0.512. The molecular weight excluding hydrogens is 198 g/mol. The van der Waals surface area contributed by atoms with Gasteiger partial charge in [0.2, 0.25) is 0 Å². The van der Waals surface area contributed by atoms with Crippen molar-refractivity contribution < 1.29 is 0 Å². The fourth-order valence-corrected chi connectivity index (χ4v) is 2.52. The first-order valence-electron chi connectivity index (χ1n) is 6.45. The van der Waals surface area contributed by atoms with Crippen LogP contribution >= 0.6 is 0 Å². The molecule has 1 heterocycles. The highest BCUT2D eigenvalue weighted by Gasteiger charge is 2.46. The maximum absolute atomic E-state index is 4.35. The third-order valence-electron chi connectivity index (χ3n) is 3.89. The Balaban J connectivity index is 1.98. The Kier molecular flexibility index (Phi) is 3.33. The molecule has 0 aliphatic heterocycles. The number of hydrogen-bond donors (Lipinski definition) is 1. The van der Waals surface area contributed by atoms with Gasteiger partial charge in [-0.1, -0.05) is 6.92 Å². The molecule has 1 aromatic heterocycles. The fourth-order valence-electron chi connectivity index (χ4n) is 2.52. The molecule has 16 heavy (non-hydrogen) atoms. The zero-order valence-corrected chi connectivity index (χ0v) is 10.7. The number of nitrogens with zero attached hydrogens (tertiary/aromatic N) is 2. The Morgan fingerprint density at radius 1 is 1.50 bits per heavy atom. The van der Waals surface area contributed by atoms with Crippen LogP contribution in [0.15, 0.2) is 12.4 Å². The normalized spacial score (nSPS) is 19.7. The van der Waals surface area contributed by atoms with E-state index in [2.05, 4.69) is 37.4 Å². The molecule has 0 amide bonds. The largest absolute Gasteiger partial charge is 0.314 e. The molecule has 3 nitrogen and oxygen atoms in total. The van der Waals surface area contributed by atoms with Gasteiger partial charge in [0.1, 0.15) is 0 Å². The van der Waals surface area contributed by atoms with Crippen LogP contribution in [-0.2, 0) is 13.0 Å². The molecule has 3 heteroatoms. The summed E-state index contributed by atoms with van der Waals surface area (Å²) in [5.41, 5.74) is 1.90. The summed E-state index contributed by atoms with van der Waals surface area (Å²) in [7, 11) is 0. The second-order valence-corrected chi connectivity index (χ2v) is 5.02. The van der Waals surface area contributed by atoms with Crippen molar-refractivity contribution in [2.24, 2.45) is 5.41 Å². The van der Waals surface area contributed by atoms with Crippen LogP contribution in [0, 0.1) is 5.41 Å². The van der Waals surface area contributed by atoms with Gasteiger partial charge in [-0.15, -0.1) is 0 Å². The summed E-state index contributed by atoms with van der Waals surface area (Å²) in [5.74, 6) is 0. The minimum Gasteiger partial charge on any atom is -0.314 e. The first-order chi connectivity index (χ1) is 7.70. The molecule has 1 aliphatic carbocycles. The molecule has 0 bridgehead atoms. The molecule has 1 aromatic rings. The molecule has 1 aliphatic rings. The van der Waals surface area contributed by atoms with Crippen LogP contribution < -0.4 is 5.32 Å². The fraction of sp³-hybridized carbons (Fsp3) is 0.769. The van der Waals surface area contributed by atoms with E-state index in [9.17, 15) is 0 Å². The van der Waals surface area contributed by atoms with Crippen LogP contribution in [-0.4, -0.2) is 22.4 Å². The van der Waals surface area contributed by atoms with E-state index in [4.69, 9.17) is 0 Å². The van der Waals surface area contributed by atoms with Crippen molar-refractivity contribution in [3.05, 3.63) is 18.0 Å². The zero-order valence-electron chi connectivity index (χ0n) is 10.7. The molecule has 1 atom stereocenters. The predicted octanol–water partition coefficient (Wildman–Crippen LogP) is 2.22. The van der Waals surface area contributed by atoms with Crippen molar-refractivity contribution in [1.82, 2.24) is 15.1 Å². The third-order valence-corrected chi connectivity index (χ3v) is 3.89. The van der Waals surface area contributed by atoms with Crippen molar-refractivity contribution in [3.63, 3.8) is 0 Å². The van der Waals surface area contributed by atoms with Gasteiger partial charge in [-0.05, 0) is 50.6 Å². The summed E-state index contributed by atoms with van der Waals surface area (Å²) in [6.45, 7) is 8.67. The molecule has 0 saturated heterocycles. The number of aromatic nitrogens is 2. The third kappa shape index (κ3) is 2.29. The number of rotatable bonds is 6. The Hall–Kier alpha value is -0.830. The van der Waals surface area contributed by atoms with Crippen LogP contribution in [0.3, 0.4) is 0 Å². The van der Waals surface area contributed by atoms with Gasteiger partial charge in [0, 0.05) is 18.8 Å². The first kappa shape index (κ1) is 11.6. The van der Waals surface area contributed by atoms with E-state index in [1.165, 1.54) is 24.8 Å². The highest BCUT2D eigenvalue weighted by molar-refractivity contribution is 5.14. The van der Waals surface area contributed by atoms with Crippen molar-refractivity contribution in [2.45, 2.75) is 52.6 Å². The van der Waals surface area contributed by atoms with E-state index in [1.807, 2.05) is 10.9 Å². The van der Waals surface area contributed by atoms with Gasteiger partial charge < -0.3 is 5.32 Å². The van der Waals surface area contributed by atoms with Gasteiger partial charge in [-0.25, -0.2) is 0 Å². The van der Waals surface area contributed by atoms with Gasteiger partial charge >= 0.3 is 0 Å². The van der Waals surface area contributed by atoms with E-state index >= 15 is 0 Å². The van der Waals surface area contributed by atoms with Crippen molar-refractivity contribution in [1.29, 1.82) is 0 Å². The molecule has 90 valence electrons. The Morgan fingerprint density at radius 3 is 2.75 bits per heavy atom. The second kappa shape index (κ2) is 4.58. The summed E-state index contributed by atoms with van der Waals surface area (Å²) in [5, 5.41) is 7.91. The lowest BCUT2D eigenvalue weighted by Gasteiger charge is -2.23. The molecule has 0 spiro atoms. The molecule has 1 N–H and O–H groups in total. The highest BCUT2D eigenvalue weighted by atomic mass is 15.3. The summed E-state index contributed by atoms with van der Waals surface area (Å²) in [6, 6.07) is 0.627. The summed E-state index contributed by atoms with van der Waals surface area (Å²) in [6.07, 6.45) is 8.12. The monoisotopic (exact) mass is 221 g/mol. The molecule has 0 aromatic carbocycles. The minimum atomic E-state index is 0.512. The van der Waals surface area contributed by atoms with Crippen LogP contribution in [0.2, 0.25) is 0 Å². The molecule has 0 radical (unpaired) electrons. The summed E-state index contributed by atoms with van der Waals surface area (Å²) in [4.78, 5) is 0. The Morgan fingerprint density at radius 2 is 2.25 bits per heavy atom. The van der Waals surface area contributed by atoms with Crippen LogP contribution in [0.25, 0.3) is 0 Å². The number of nitrogens with one attached hydrogen (secondary N) is 1. The van der Waals surface area contributed by atoms with Crippen molar-refractivity contribution >= 4 is 0 Å². The molecular formula is C13H23N3. The standard InChI is InChI=1S/C13H23N3/c1-4-14-11(3)13(6-7-13)8-12-9-15-16(5-2)10-12/h9-11,14H,4-8H2,1-3H3. The van der Waals surface area contributed by atoms with Crippen molar-refractivity contribution in [2.75, 3.05) is 6.54 Å².